The molecule has 1 aromatic heterocycles. The first kappa shape index (κ1) is 20.7. The average Bonchev–Trinajstić information content (AvgIpc) is 2.98. The van der Waals surface area contributed by atoms with Crippen molar-refractivity contribution in [3.63, 3.8) is 0 Å². The van der Waals surface area contributed by atoms with Gasteiger partial charge in [0.25, 0.3) is 0 Å². The van der Waals surface area contributed by atoms with Gasteiger partial charge in [0.15, 0.2) is 4.34 Å². The van der Waals surface area contributed by atoms with Gasteiger partial charge in [0, 0.05) is 12.2 Å². The third-order valence-corrected chi connectivity index (χ3v) is 5.69. The number of carbonyl (C=O) groups is 1. The van der Waals surface area contributed by atoms with Gasteiger partial charge in [-0.05, 0) is 35.4 Å². The maximum absolute atomic E-state index is 12.2. The molecule has 0 bridgehead atoms. The van der Waals surface area contributed by atoms with Crippen molar-refractivity contribution >= 4 is 34.1 Å². The molecule has 1 heterocycles. The summed E-state index contributed by atoms with van der Waals surface area (Å²) in [6, 6.07) is 7.95. The van der Waals surface area contributed by atoms with E-state index >= 15 is 0 Å². The van der Waals surface area contributed by atoms with Crippen LogP contribution >= 0.6 is 23.1 Å². The van der Waals surface area contributed by atoms with Crippen LogP contribution in [0.2, 0.25) is 0 Å². The number of ether oxygens (including phenoxy) is 1. The van der Waals surface area contributed by atoms with Crippen LogP contribution in [0.25, 0.3) is 0 Å². The maximum atomic E-state index is 12.2. The van der Waals surface area contributed by atoms with Crippen LogP contribution < -0.4 is 10.1 Å². The first-order valence-electron chi connectivity index (χ1n) is 8.64. The molecule has 142 valence electrons. The molecule has 0 fully saturated rings. The highest BCUT2D eigenvalue weighted by atomic mass is 32.2. The van der Waals surface area contributed by atoms with Crippen LogP contribution in [-0.2, 0) is 10.5 Å². The number of methoxy groups -OCH3 is 1. The van der Waals surface area contributed by atoms with E-state index in [1.54, 1.807) is 18.9 Å². The summed E-state index contributed by atoms with van der Waals surface area (Å²) >= 11 is 3.01. The first-order chi connectivity index (χ1) is 12.2. The minimum Gasteiger partial charge on any atom is -0.497 e. The van der Waals surface area contributed by atoms with Crippen LogP contribution in [-0.4, -0.2) is 23.2 Å². The zero-order chi connectivity index (χ0) is 19.2. The summed E-state index contributed by atoms with van der Waals surface area (Å²) in [5.74, 6) is 1.97. The molecule has 0 unspecified atom stereocenters. The fourth-order valence-electron chi connectivity index (χ4n) is 2.83. The molecule has 0 spiro atoms. The van der Waals surface area contributed by atoms with Gasteiger partial charge in [0.2, 0.25) is 11.0 Å². The lowest BCUT2D eigenvalue weighted by Gasteiger charge is -2.22. The number of carbonyl (C=O) groups excluding carboxylic acids is 1. The van der Waals surface area contributed by atoms with E-state index in [0.717, 1.165) is 27.8 Å². The first-order valence-corrected chi connectivity index (χ1v) is 10.4. The predicted molar refractivity (Wildman–Crippen MR) is 109 cm³/mol. The molecule has 0 aliphatic rings. The number of amides is 1. The summed E-state index contributed by atoms with van der Waals surface area (Å²) in [4.78, 5) is 12.2. The molecule has 26 heavy (non-hydrogen) atoms. The van der Waals surface area contributed by atoms with Gasteiger partial charge in [-0.3, -0.25) is 4.79 Å². The minimum absolute atomic E-state index is 0.00208. The van der Waals surface area contributed by atoms with Crippen LogP contribution in [0.15, 0.2) is 28.6 Å². The van der Waals surface area contributed by atoms with Crippen molar-refractivity contribution in [3.8, 4) is 5.75 Å². The zero-order valence-corrected chi connectivity index (χ0v) is 17.7. The van der Waals surface area contributed by atoms with E-state index in [0.29, 0.717) is 17.5 Å². The number of thioether (sulfide) groups is 1. The quantitative estimate of drug-likeness (QED) is 0.491. The Kier molecular flexibility index (Phi) is 7.46. The number of anilines is 1. The number of hydrogen-bond donors (Lipinski definition) is 1. The third kappa shape index (κ3) is 7.33. The maximum Gasteiger partial charge on any atom is 0.226 e. The summed E-state index contributed by atoms with van der Waals surface area (Å²) in [5.41, 5.74) is 1.39. The molecule has 1 amide bonds. The molecule has 2 aromatic rings. The summed E-state index contributed by atoms with van der Waals surface area (Å²) < 4.78 is 6.07. The van der Waals surface area contributed by atoms with Gasteiger partial charge in [0.05, 0.1) is 7.11 Å². The monoisotopic (exact) mass is 393 g/mol. The van der Waals surface area contributed by atoms with Crippen molar-refractivity contribution in [2.24, 2.45) is 11.3 Å². The molecule has 2 rings (SSSR count). The van der Waals surface area contributed by atoms with Crippen LogP contribution in [0.1, 0.15) is 46.1 Å². The van der Waals surface area contributed by atoms with Crippen LogP contribution in [0, 0.1) is 11.3 Å². The molecule has 1 aromatic carbocycles. The minimum atomic E-state index is 0.00208. The van der Waals surface area contributed by atoms with E-state index < -0.39 is 0 Å². The van der Waals surface area contributed by atoms with Crippen molar-refractivity contribution in [1.29, 1.82) is 0 Å². The lowest BCUT2D eigenvalue weighted by atomic mass is 9.84. The third-order valence-electron chi connectivity index (χ3n) is 3.64. The highest BCUT2D eigenvalue weighted by Gasteiger charge is 2.18. The Morgan fingerprint density at radius 2 is 2.12 bits per heavy atom. The Balaban J connectivity index is 1.82. The van der Waals surface area contributed by atoms with E-state index in [1.807, 2.05) is 18.2 Å². The highest BCUT2D eigenvalue weighted by Crippen LogP contribution is 2.30. The van der Waals surface area contributed by atoms with Gasteiger partial charge in [-0.15, -0.1) is 10.2 Å². The largest absolute Gasteiger partial charge is 0.497 e. The molecule has 0 aliphatic carbocycles. The second-order valence-electron chi connectivity index (χ2n) is 7.64. The van der Waals surface area contributed by atoms with Crippen molar-refractivity contribution < 1.29 is 9.53 Å². The van der Waals surface area contributed by atoms with E-state index in [9.17, 15) is 4.79 Å². The molecule has 0 saturated carbocycles. The Morgan fingerprint density at radius 1 is 1.35 bits per heavy atom. The SMILES string of the molecule is COc1cccc(CSc2nnc(NC(=O)C[C@H](C)CC(C)(C)C)s2)c1. The van der Waals surface area contributed by atoms with Crippen LogP contribution in [0.5, 0.6) is 5.75 Å². The Hall–Kier alpha value is -1.60. The van der Waals surface area contributed by atoms with Crippen molar-refractivity contribution in [2.45, 2.75) is 50.6 Å². The van der Waals surface area contributed by atoms with Gasteiger partial charge in [-0.25, -0.2) is 0 Å². The van der Waals surface area contributed by atoms with Crippen molar-refractivity contribution in [3.05, 3.63) is 29.8 Å². The van der Waals surface area contributed by atoms with Gasteiger partial charge in [-0.2, -0.15) is 0 Å². The molecule has 1 N–H and O–H groups in total. The summed E-state index contributed by atoms with van der Waals surface area (Å²) in [6.07, 6.45) is 1.52. The molecule has 7 heteroatoms. The summed E-state index contributed by atoms with van der Waals surface area (Å²) in [6.45, 7) is 8.69. The van der Waals surface area contributed by atoms with Gasteiger partial charge < -0.3 is 10.1 Å². The fraction of sp³-hybridized carbons (Fsp3) is 0.526. The molecule has 0 aliphatic heterocycles. The number of hydrogen-bond acceptors (Lipinski definition) is 6. The second-order valence-corrected chi connectivity index (χ2v) is 9.84. The van der Waals surface area contributed by atoms with E-state index in [4.69, 9.17) is 4.74 Å². The fourth-order valence-corrected chi connectivity index (χ4v) is 4.54. The number of nitrogens with zero attached hydrogens (tertiary/aromatic N) is 2. The normalized spacial score (nSPS) is 12.7. The van der Waals surface area contributed by atoms with Crippen molar-refractivity contribution in [2.75, 3.05) is 12.4 Å². The van der Waals surface area contributed by atoms with Crippen LogP contribution in [0.3, 0.4) is 0 Å². The van der Waals surface area contributed by atoms with E-state index in [1.165, 1.54) is 11.3 Å². The number of nitrogens with one attached hydrogen (secondary N) is 1. The molecule has 5 nitrogen and oxygen atoms in total. The number of benzene rings is 1. The van der Waals surface area contributed by atoms with Gasteiger partial charge in [-0.1, -0.05) is 62.9 Å². The van der Waals surface area contributed by atoms with Crippen LogP contribution in [0.4, 0.5) is 5.13 Å². The predicted octanol–water partition coefficient (Wildman–Crippen LogP) is 5.24. The number of aromatic nitrogens is 2. The smallest absolute Gasteiger partial charge is 0.226 e. The van der Waals surface area contributed by atoms with E-state index in [-0.39, 0.29) is 11.3 Å². The Bertz CT molecular complexity index is 726. The Labute approximate surface area is 163 Å². The molecule has 0 radical (unpaired) electrons. The second kappa shape index (κ2) is 9.37. The Morgan fingerprint density at radius 3 is 2.81 bits per heavy atom. The zero-order valence-electron chi connectivity index (χ0n) is 16.0. The average molecular weight is 394 g/mol. The van der Waals surface area contributed by atoms with Gasteiger partial charge >= 0.3 is 0 Å². The standard InChI is InChI=1S/C19H27N3O2S2/c1-13(11-19(2,3)4)9-16(23)20-17-21-22-18(26-17)25-12-14-7-6-8-15(10-14)24-5/h6-8,10,13H,9,11-12H2,1-5H3,(H,20,21,23)/t13-/m0/s1. The lowest BCUT2D eigenvalue weighted by Crippen LogP contribution is -2.18. The molecule has 0 saturated heterocycles. The molecule has 1 atom stereocenters. The van der Waals surface area contributed by atoms with Gasteiger partial charge in [0.1, 0.15) is 5.75 Å². The van der Waals surface area contributed by atoms with Crippen molar-refractivity contribution in [1.82, 2.24) is 10.2 Å². The molecular weight excluding hydrogens is 366 g/mol. The highest BCUT2D eigenvalue weighted by molar-refractivity contribution is 8.00. The van der Waals surface area contributed by atoms with E-state index in [2.05, 4.69) is 49.3 Å². The molecular formula is C19H27N3O2S2. The lowest BCUT2D eigenvalue weighted by molar-refractivity contribution is -0.117. The summed E-state index contributed by atoms with van der Waals surface area (Å²) in [5, 5.41) is 11.7. The topological polar surface area (TPSA) is 64.1 Å². The number of rotatable bonds is 8. The summed E-state index contributed by atoms with van der Waals surface area (Å²) in [7, 11) is 1.66.